The number of rotatable bonds is 9. The van der Waals surface area contributed by atoms with Gasteiger partial charge in [0.2, 0.25) is 5.91 Å². The zero-order valence-electron chi connectivity index (χ0n) is 20.8. The summed E-state index contributed by atoms with van der Waals surface area (Å²) in [6.07, 6.45) is 5.07. The van der Waals surface area contributed by atoms with E-state index < -0.39 is 12.0 Å². The van der Waals surface area contributed by atoms with Crippen molar-refractivity contribution in [2.24, 2.45) is 11.8 Å². The molecule has 2 amide bonds. The Balaban J connectivity index is 1.50. The number of halogens is 1. The van der Waals surface area contributed by atoms with Crippen LogP contribution >= 0.6 is 27.3 Å². The van der Waals surface area contributed by atoms with Crippen LogP contribution in [0.2, 0.25) is 0 Å². The standard InChI is InChI=1S/C27H31BrN4O4S/c1-3-16(2)23(27(35)36)30-25(33)17-8-7-9-18(14-17)29-26(34)20-15-32(19-10-5-4-6-11-19)31-24(20)21-12-13-22(28)37-21/h4-6,10-13,15-18,23H,3,7-9,14H2,1-2H3,(H,29,34)(H,30,33)(H,35,36)/t16-,17-,18+,23-/m0/s1. The van der Waals surface area contributed by atoms with Crippen molar-refractivity contribution in [2.75, 3.05) is 0 Å². The SMILES string of the molecule is CC[C@H](C)[C@H](NC(=O)[C@H]1CCC[C@@H](NC(=O)c2cn(-c3ccccc3)nc2-c2ccc(Br)s2)C1)C(=O)O. The Hall–Kier alpha value is -2.98. The number of carbonyl (C=O) groups is 3. The zero-order chi connectivity index (χ0) is 26.5. The van der Waals surface area contributed by atoms with Gasteiger partial charge in [-0.3, -0.25) is 9.59 Å². The highest BCUT2D eigenvalue weighted by Gasteiger charge is 2.33. The van der Waals surface area contributed by atoms with Gasteiger partial charge in [-0.2, -0.15) is 5.10 Å². The number of carboxylic acid groups (broad SMARTS) is 1. The molecule has 0 unspecified atom stereocenters. The van der Waals surface area contributed by atoms with Crippen LogP contribution in [0, 0.1) is 11.8 Å². The van der Waals surface area contributed by atoms with Crippen molar-refractivity contribution < 1.29 is 19.5 Å². The Morgan fingerprint density at radius 2 is 1.95 bits per heavy atom. The van der Waals surface area contributed by atoms with Crippen molar-refractivity contribution in [2.45, 2.75) is 58.0 Å². The van der Waals surface area contributed by atoms with E-state index in [0.29, 0.717) is 30.5 Å². The minimum Gasteiger partial charge on any atom is -0.480 e. The maximum Gasteiger partial charge on any atom is 0.326 e. The summed E-state index contributed by atoms with van der Waals surface area (Å²) < 4.78 is 2.65. The molecule has 1 saturated carbocycles. The van der Waals surface area contributed by atoms with E-state index in [0.717, 1.165) is 27.2 Å². The van der Waals surface area contributed by atoms with Gasteiger partial charge < -0.3 is 15.7 Å². The molecule has 196 valence electrons. The molecule has 0 aliphatic heterocycles. The van der Waals surface area contributed by atoms with E-state index in [1.165, 1.54) is 11.3 Å². The molecule has 0 radical (unpaired) electrons. The van der Waals surface area contributed by atoms with E-state index in [2.05, 4.69) is 26.6 Å². The summed E-state index contributed by atoms with van der Waals surface area (Å²) in [5, 5.41) is 20.1. The number of thiophene rings is 1. The second kappa shape index (κ2) is 12.0. The number of hydrogen-bond donors (Lipinski definition) is 3. The smallest absolute Gasteiger partial charge is 0.326 e. The Morgan fingerprint density at radius 3 is 2.59 bits per heavy atom. The van der Waals surface area contributed by atoms with Crippen molar-refractivity contribution in [3.05, 3.63) is 58.0 Å². The Kier molecular flexibility index (Phi) is 8.81. The van der Waals surface area contributed by atoms with Gasteiger partial charge in [-0.1, -0.05) is 44.9 Å². The maximum atomic E-state index is 13.5. The number of carbonyl (C=O) groups excluding carboxylic acids is 2. The van der Waals surface area contributed by atoms with Crippen molar-refractivity contribution in [3.63, 3.8) is 0 Å². The minimum absolute atomic E-state index is 0.169. The second-order valence-corrected chi connectivity index (χ2v) is 12.0. The van der Waals surface area contributed by atoms with Gasteiger partial charge in [0.1, 0.15) is 11.7 Å². The molecule has 0 bridgehead atoms. The highest BCUT2D eigenvalue weighted by atomic mass is 79.9. The molecule has 3 aromatic rings. The average Bonchev–Trinajstić information content (AvgIpc) is 3.54. The molecule has 4 rings (SSSR count). The average molecular weight is 588 g/mol. The quantitative estimate of drug-likeness (QED) is 0.316. The van der Waals surface area contributed by atoms with Crippen LogP contribution in [0.4, 0.5) is 0 Å². The van der Waals surface area contributed by atoms with E-state index in [1.807, 2.05) is 56.3 Å². The normalized spacial score (nSPS) is 19.1. The van der Waals surface area contributed by atoms with Gasteiger partial charge in [-0.25, -0.2) is 9.48 Å². The van der Waals surface area contributed by atoms with E-state index in [-0.39, 0.29) is 29.7 Å². The summed E-state index contributed by atoms with van der Waals surface area (Å²) in [5.74, 6) is -2.03. The van der Waals surface area contributed by atoms with Crippen LogP contribution in [0.1, 0.15) is 56.3 Å². The third-order valence-corrected chi connectivity index (χ3v) is 8.57. The molecule has 1 aliphatic rings. The highest BCUT2D eigenvalue weighted by Crippen LogP contribution is 2.33. The fourth-order valence-corrected chi connectivity index (χ4v) is 6.04. The van der Waals surface area contributed by atoms with Gasteiger partial charge in [0.15, 0.2) is 0 Å². The number of carboxylic acids is 1. The first-order chi connectivity index (χ1) is 17.8. The molecule has 0 saturated heterocycles. The van der Waals surface area contributed by atoms with Crippen LogP contribution in [0.5, 0.6) is 0 Å². The van der Waals surface area contributed by atoms with E-state index >= 15 is 0 Å². The molecule has 2 heterocycles. The summed E-state index contributed by atoms with van der Waals surface area (Å²) >= 11 is 4.99. The van der Waals surface area contributed by atoms with Gasteiger partial charge in [0.05, 0.1) is 19.9 Å². The molecular weight excluding hydrogens is 556 g/mol. The number of aromatic nitrogens is 2. The van der Waals surface area contributed by atoms with Gasteiger partial charge >= 0.3 is 5.97 Å². The van der Waals surface area contributed by atoms with Gasteiger partial charge in [-0.15, -0.1) is 11.3 Å². The molecule has 10 heteroatoms. The van der Waals surface area contributed by atoms with Crippen LogP contribution in [-0.2, 0) is 9.59 Å². The molecule has 37 heavy (non-hydrogen) atoms. The summed E-state index contributed by atoms with van der Waals surface area (Å²) in [7, 11) is 0. The fourth-order valence-electron chi connectivity index (χ4n) is 4.65. The van der Waals surface area contributed by atoms with E-state index in [1.54, 1.807) is 10.9 Å². The number of benzene rings is 1. The number of amides is 2. The van der Waals surface area contributed by atoms with Crippen molar-refractivity contribution in [1.82, 2.24) is 20.4 Å². The van der Waals surface area contributed by atoms with E-state index in [4.69, 9.17) is 5.10 Å². The lowest BCUT2D eigenvalue weighted by molar-refractivity contribution is -0.144. The minimum atomic E-state index is -1.02. The number of hydrogen-bond acceptors (Lipinski definition) is 5. The van der Waals surface area contributed by atoms with Gasteiger partial charge in [-0.05, 0) is 65.4 Å². The molecule has 1 fully saturated rings. The molecule has 0 spiro atoms. The predicted octanol–water partition coefficient (Wildman–Crippen LogP) is 5.27. The van der Waals surface area contributed by atoms with Crippen molar-refractivity contribution in [1.29, 1.82) is 0 Å². The van der Waals surface area contributed by atoms with Crippen molar-refractivity contribution >= 4 is 45.1 Å². The summed E-state index contributed by atoms with van der Waals surface area (Å²) in [6.45, 7) is 3.73. The first-order valence-electron chi connectivity index (χ1n) is 12.5. The number of aliphatic carboxylic acids is 1. The first-order valence-corrected chi connectivity index (χ1v) is 14.1. The summed E-state index contributed by atoms with van der Waals surface area (Å²) in [6, 6.07) is 12.4. The topological polar surface area (TPSA) is 113 Å². The molecule has 1 aliphatic carbocycles. The van der Waals surface area contributed by atoms with E-state index in [9.17, 15) is 19.5 Å². The number of nitrogens with zero attached hydrogens (tertiary/aromatic N) is 2. The Morgan fingerprint density at radius 1 is 1.19 bits per heavy atom. The third-order valence-electron chi connectivity index (χ3n) is 6.94. The van der Waals surface area contributed by atoms with Crippen LogP contribution < -0.4 is 10.6 Å². The molecule has 8 nitrogen and oxygen atoms in total. The summed E-state index contributed by atoms with van der Waals surface area (Å²) in [4.78, 5) is 38.9. The lowest BCUT2D eigenvalue weighted by Crippen LogP contribution is -2.49. The zero-order valence-corrected chi connectivity index (χ0v) is 23.2. The Bertz CT molecular complexity index is 1260. The highest BCUT2D eigenvalue weighted by molar-refractivity contribution is 9.11. The summed E-state index contributed by atoms with van der Waals surface area (Å²) in [5.41, 5.74) is 1.91. The largest absolute Gasteiger partial charge is 0.480 e. The molecule has 1 aromatic carbocycles. The third kappa shape index (κ3) is 6.48. The first kappa shape index (κ1) is 27.1. The number of nitrogens with one attached hydrogen (secondary N) is 2. The van der Waals surface area contributed by atoms with Crippen LogP contribution in [-0.4, -0.2) is 44.8 Å². The lowest BCUT2D eigenvalue weighted by atomic mass is 9.84. The van der Waals surface area contributed by atoms with Crippen molar-refractivity contribution in [3.8, 4) is 16.3 Å². The van der Waals surface area contributed by atoms with Crippen LogP contribution in [0.3, 0.4) is 0 Å². The monoisotopic (exact) mass is 586 g/mol. The lowest BCUT2D eigenvalue weighted by Gasteiger charge is -2.30. The molecule has 4 atom stereocenters. The fraction of sp³-hybridized carbons (Fsp3) is 0.407. The van der Waals surface area contributed by atoms with Crippen LogP contribution in [0.25, 0.3) is 16.3 Å². The van der Waals surface area contributed by atoms with Crippen LogP contribution in [0.15, 0.2) is 52.4 Å². The molecule has 3 N–H and O–H groups in total. The predicted molar refractivity (Wildman–Crippen MR) is 147 cm³/mol. The molecule has 2 aromatic heterocycles. The maximum absolute atomic E-state index is 13.5. The molecular formula is C27H31BrN4O4S. The second-order valence-electron chi connectivity index (χ2n) is 9.52. The number of para-hydroxylation sites is 1. The van der Waals surface area contributed by atoms with Gasteiger partial charge in [0.25, 0.3) is 5.91 Å². The Labute approximate surface area is 228 Å². The van der Waals surface area contributed by atoms with Gasteiger partial charge in [0, 0.05) is 18.2 Å².